The molecule has 0 atom stereocenters. The number of phenols is 1. The number of carbonyl (C=O) groups excluding carboxylic acids is 2. The molecule has 0 saturated carbocycles. The molecule has 2 aromatic carbocycles. The number of amides is 2. The second-order valence-corrected chi connectivity index (χ2v) is 4.08. The number of nitrogens with zero attached hydrogens (tertiary/aromatic N) is 1. The Morgan fingerprint density at radius 2 is 1.62 bits per heavy atom. The fourth-order valence-corrected chi connectivity index (χ4v) is 1.52. The number of aromatic hydroxyl groups is 1. The fraction of sp³-hybridized carbons (Fsp3) is 0. The van der Waals surface area contributed by atoms with Crippen molar-refractivity contribution in [3.05, 3.63) is 60.2 Å². The van der Waals surface area contributed by atoms with Crippen molar-refractivity contribution in [3.63, 3.8) is 0 Å². The van der Waals surface area contributed by atoms with Crippen LogP contribution in [0.3, 0.4) is 0 Å². The summed E-state index contributed by atoms with van der Waals surface area (Å²) in [6.45, 7) is 0. The zero-order valence-corrected chi connectivity index (χ0v) is 11.0. The van der Waals surface area contributed by atoms with Crippen molar-refractivity contribution in [2.75, 3.05) is 5.32 Å². The van der Waals surface area contributed by atoms with Crippen LogP contribution >= 0.6 is 0 Å². The number of hydrazone groups is 1. The first kappa shape index (κ1) is 14.3. The smallest absolute Gasteiger partial charge is 0.329 e. The number of anilines is 1. The third kappa shape index (κ3) is 4.17. The molecule has 0 bridgehead atoms. The number of benzene rings is 2. The van der Waals surface area contributed by atoms with E-state index in [0.29, 0.717) is 11.3 Å². The van der Waals surface area contributed by atoms with Crippen molar-refractivity contribution < 1.29 is 14.7 Å². The number of rotatable bonds is 3. The van der Waals surface area contributed by atoms with E-state index in [2.05, 4.69) is 15.8 Å². The molecule has 0 fully saturated rings. The van der Waals surface area contributed by atoms with Crippen LogP contribution in [-0.4, -0.2) is 23.1 Å². The molecule has 0 spiro atoms. The molecule has 0 aliphatic carbocycles. The second-order valence-electron chi connectivity index (χ2n) is 4.08. The number of nitrogens with one attached hydrogen (secondary N) is 2. The van der Waals surface area contributed by atoms with E-state index >= 15 is 0 Å². The highest BCUT2D eigenvalue weighted by Crippen LogP contribution is 2.12. The summed E-state index contributed by atoms with van der Waals surface area (Å²) < 4.78 is 0. The van der Waals surface area contributed by atoms with Crippen LogP contribution in [-0.2, 0) is 9.59 Å². The average molecular weight is 283 g/mol. The van der Waals surface area contributed by atoms with E-state index in [4.69, 9.17) is 0 Å². The topological polar surface area (TPSA) is 90.8 Å². The van der Waals surface area contributed by atoms with Crippen LogP contribution in [0.4, 0.5) is 5.69 Å². The van der Waals surface area contributed by atoms with E-state index in [1.165, 1.54) is 12.3 Å². The summed E-state index contributed by atoms with van der Waals surface area (Å²) in [5, 5.41) is 15.5. The molecular formula is C15H13N3O3. The summed E-state index contributed by atoms with van der Waals surface area (Å²) in [6, 6.07) is 15.1. The molecule has 0 aliphatic heterocycles. The predicted molar refractivity (Wildman–Crippen MR) is 78.9 cm³/mol. The minimum atomic E-state index is -0.898. The van der Waals surface area contributed by atoms with E-state index in [1.54, 1.807) is 48.5 Å². The lowest BCUT2D eigenvalue weighted by Crippen LogP contribution is -2.32. The first-order valence-electron chi connectivity index (χ1n) is 6.14. The highest BCUT2D eigenvalue weighted by atomic mass is 16.3. The highest BCUT2D eigenvalue weighted by Gasteiger charge is 2.12. The van der Waals surface area contributed by atoms with Gasteiger partial charge in [0, 0.05) is 11.3 Å². The third-order valence-electron chi connectivity index (χ3n) is 2.54. The molecule has 21 heavy (non-hydrogen) atoms. The number of phenolic OH excluding ortho intramolecular Hbond substituents is 1. The Bertz CT molecular complexity index is 669. The Morgan fingerprint density at radius 3 is 2.33 bits per heavy atom. The predicted octanol–water partition coefficient (Wildman–Crippen LogP) is 1.48. The van der Waals surface area contributed by atoms with Gasteiger partial charge in [-0.15, -0.1) is 0 Å². The van der Waals surface area contributed by atoms with Gasteiger partial charge >= 0.3 is 11.8 Å². The van der Waals surface area contributed by atoms with Gasteiger partial charge in [-0.25, -0.2) is 5.43 Å². The number of hydrogen-bond acceptors (Lipinski definition) is 4. The quantitative estimate of drug-likeness (QED) is 0.452. The molecule has 0 heterocycles. The monoisotopic (exact) mass is 283 g/mol. The van der Waals surface area contributed by atoms with Crippen molar-refractivity contribution in [2.24, 2.45) is 5.10 Å². The first-order valence-corrected chi connectivity index (χ1v) is 6.14. The van der Waals surface area contributed by atoms with Crippen LogP contribution in [0.15, 0.2) is 59.7 Å². The van der Waals surface area contributed by atoms with Crippen LogP contribution in [0.2, 0.25) is 0 Å². The van der Waals surface area contributed by atoms with E-state index in [9.17, 15) is 14.7 Å². The van der Waals surface area contributed by atoms with Crippen molar-refractivity contribution in [3.8, 4) is 5.75 Å². The second kappa shape index (κ2) is 6.85. The Morgan fingerprint density at radius 1 is 0.952 bits per heavy atom. The standard InChI is InChI=1S/C15H13N3O3/c19-13-9-5-4-6-11(13)10-16-18-15(21)14(20)17-12-7-2-1-3-8-12/h1-10,19H,(H,17,20)(H,18,21)/b16-10-. The summed E-state index contributed by atoms with van der Waals surface area (Å²) in [7, 11) is 0. The van der Waals surface area contributed by atoms with Gasteiger partial charge in [0.15, 0.2) is 0 Å². The minimum Gasteiger partial charge on any atom is -0.507 e. The van der Waals surface area contributed by atoms with Crippen LogP contribution < -0.4 is 10.7 Å². The number of carbonyl (C=O) groups is 2. The summed E-state index contributed by atoms with van der Waals surface area (Å²) in [4.78, 5) is 23.1. The van der Waals surface area contributed by atoms with Gasteiger partial charge in [0.05, 0.1) is 6.21 Å². The Balaban J connectivity index is 1.90. The average Bonchev–Trinajstić information content (AvgIpc) is 2.50. The van der Waals surface area contributed by atoms with E-state index in [1.807, 2.05) is 0 Å². The lowest BCUT2D eigenvalue weighted by Gasteiger charge is -2.03. The van der Waals surface area contributed by atoms with Gasteiger partial charge in [0.1, 0.15) is 5.75 Å². The van der Waals surface area contributed by atoms with Gasteiger partial charge in [-0.1, -0.05) is 30.3 Å². The Labute approximate surface area is 121 Å². The maximum absolute atomic E-state index is 11.6. The minimum absolute atomic E-state index is 0.0317. The van der Waals surface area contributed by atoms with Gasteiger partial charge in [-0.2, -0.15) is 5.10 Å². The first-order chi connectivity index (χ1) is 10.2. The molecule has 0 aliphatic rings. The maximum Gasteiger partial charge on any atom is 0.329 e. The summed E-state index contributed by atoms with van der Waals surface area (Å²) in [6.07, 6.45) is 1.25. The van der Waals surface area contributed by atoms with Gasteiger partial charge in [0.25, 0.3) is 0 Å². The molecule has 0 unspecified atom stereocenters. The van der Waals surface area contributed by atoms with E-state index < -0.39 is 11.8 Å². The highest BCUT2D eigenvalue weighted by molar-refractivity contribution is 6.39. The molecular weight excluding hydrogens is 270 g/mol. The van der Waals surface area contributed by atoms with Crippen LogP contribution in [0.25, 0.3) is 0 Å². The summed E-state index contributed by atoms with van der Waals surface area (Å²) in [5.74, 6) is -1.69. The van der Waals surface area contributed by atoms with Gasteiger partial charge in [-0.05, 0) is 24.3 Å². The number of para-hydroxylation sites is 2. The fourth-order valence-electron chi connectivity index (χ4n) is 1.52. The van der Waals surface area contributed by atoms with Crippen molar-refractivity contribution in [1.29, 1.82) is 0 Å². The van der Waals surface area contributed by atoms with Crippen molar-refractivity contribution in [2.45, 2.75) is 0 Å². The molecule has 6 heteroatoms. The molecule has 6 nitrogen and oxygen atoms in total. The molecule has 3 N–H and O–H groups in total. The molecule has 2 aromatic rings. The lowest BCUT2D eigenvalue weighted by atomic mass is 10.2. The molecule has 2 rings (SSSR count). The molecule has 106 valence electrons. The van der Waals surface area contributed by atoms with Crippen LogP contribution in [0, 0.1) is 0 Å². The van der Waals surface area contributed by atoms with Crippen molar-refractivity contribution >= 4 is 23.7 Å². The van der Waals surface area contributed by atoms with E-state index in [-0.39, 0.29) is 5.75 Å². The third-order valence-corrected chi connectivity index (χ3v) is 2.54. The zero-order chi connectivity index (χ0) is 15.1. The molecule has 0 radical (unpaired) electrons. The Hall–Kier alpha value is -3.15. The normalized spacial score (nSPS) is 10.3. The van der Waals surface area contributed by atoms with Gasteiger partial charge in [-0.3, -0.25) is 9.59 Å². The van der Waals surface area contributed by atoms with Crippen molar-refractivity contribution in [1.82, 2.24) is 5.43 Å². The SMILES string of the molecule is O=C(N/N=C\c1ccccc1O)C(=O)Nc1ccccc1. The number of hydrogen-bond donors (Lipinski definition) is 3. The largest absolute Gasteiger partial charge is 0.507 e. The molecule has 2 amide bonds. The van der Waals surface area contributed by atoms with Gasteiger partial charge in [0.2, 0.25) is 0 Å². The van der Waals surface area contributed by atoms with Crippen LogP contribution in [0.5, 0.6) is 5.75 Å². The molecule has 0 saturated heterocycles. The summed E-state index contributed by atoms with van der Waals surface area (Å²) >= 11 is 0. The molecule has 0 aromatic heterocycles. The zero-order valence-electron chi connectivity index (χ0n) is 11.0. The van der Waals surface area contributed by atoms with E-state index in [0.717, 1.165) is 0 Å². The lowest BCUT2D eigenvalue weighted by molar-refractivity contribution is -0.136. The Kier molecular flexibility index (Phi) is 4.66. The maximum atomic E-state index is 11.6. The van der Waals surface area contributed by atoms with Gasteiger partial charge < -0.3 is 10.4 Å². The van der Waals surface area contributed by atoms with Crippen LogP contribution in [0.1, 0.15) is 5.56 Å². The summed E-state index contributed by atoms with van der Waals surface area (Å²) in [5.41, 5.74) is 3.03.